The molecule has 0 heterocycles. The molecule has 0 spiro atoms. The normalized spacial score (nSPS) is 16.8. The standard InChI is InChI=1S/C14H19Br2N5/c15-10-6-9(8-4-2-1-3-5-8)7-11(16)12(10)20-14(19)21-13(17)18/h6-8H,1-5H2,(H6,17,18,19,20,21). The molecular weight excluding hydrogens is 398 g/mol. The molecule has 0 radical (unpaired) electrons. The van der Waals surface area contributed by atoms with Crippen molar-refractivity contribution in [2.75, 3.05) is 0 Å². The Morgan fingerprint density at radius 2 is 1.57 bits per heavy atom. The summed E-state index contributed by atoms with van der Waals surface area (Å²) in [5.41, 5.74) is 18.3. The van der Waals surface area contributed by atoms with Crippen LogP contribution in [0, 0.1) is 0 Å². The summed E-state index contributed by atoms with van der Waals surface area (Å²) in [5, 5.41) is 0. The van der Waals surface area contributed by atoms with Crippen molar-refractivity contribution in [3.8, 4) is 0 Å². The summed E-state index contributed by atoms with van der Waals surface area (Å²) in [6.45, 7) is 0. The van der Waals surface area contributed by atoms with Gasteiger partial charge in [0.15, 0.2) is 5.96 Å². The van der Waals surface area contributed by atoms with Gasteiger partial charge in [0.05, 0.1) is 5.69 Å². The minimum absolute atomic E-state index is 0.0295. The third-order valence-corrected chi connectivity index (χ3v) is 4.79. The van der Waals surface area contributed by atoms with Crippen LogP contribution < -0.4 is 17.2 Å². The van der Waals surface area contributed by atoms with Crippen molar-refractivity contribution in [2.45, 2.75) is 38.0 Å². The van der Waals surface area contributed by atoms with Crippen molar-refractivity contribution in [2.24, 2.45) is 27.2 Å². The van der Waals surface area contributed by atoms with Crippen LogP contribution >= 0.6 is 31.9 Å². The molecule has 1 fully saturated rings. The van der Waals surface area contributed by atoms with Crippen molar-refractivity contribution in [3.63, 3.8) is 0 Å². The van der Waals surface area contributed by atoms with E-state index in [0.717, 1.165) is 8.95 Å². The van der Waals surface area contributed by atoms with E-state index in [9.17, 15) is 0 Å². The van der Waals surface area contributed by atoms with Gasteiger partial charge in [-0.25, -0.2) is 4.99 Å². The van der Waals surface area contributed by atoms with Gasteiger partial charge < -0.3 is 17.2 Å². The van der Waals surface area contributed by atoms with Gasteiger partial charge in [-0.3, -0.25) is 0 Å². The lowest BCUT2D eigenvalue weighted by molar-refractivity contribution is 0.443. The fourth-order valence-electron chi connectivity index (χ4n) is 2.64. The summed E-state index contributed by atoms with van der Waals surface area (Å²) in [6, 6.07) is 4.23. The maximum Gasteiger partial charge on any atom is 0.223 e. The van der Waals surface area contributed by atoms with Crippen LogP contribution in [-0.4, -0.2) is 11.9 Å². The third kappa shape index (κ3) is 4.44. The molecule has 21 heavy (non-hydrogen) atoms. The molecule has 114 valence electrons. The summed E-state index contributed by atoms with van der Waals surface area (Å²) < 4.78 is 1.76. The average molecular weight is 417 g/mol. The van der Waals surface area contributed by atoms with Crippen LogP contribution in [0.3, 0.4) is 0 Å². The van der Waals surface area contributed by atoms with Crippen molar-refractivity contribution < 1.29 is 0 Å². The topological polar surface area (TPSA) is 103 Å². The molecule has 1 aliphatic carbocycles. The minimum atomic E-state index is -0.109. The number of nitrogens with two attached hydrogens (primary N) is 3. The lowest BCUT2D eigenvalue weighted by Gasteiger charge is -2.22. The lowest BCUT2D eigenvalue weighted by Crippen LogP contribution is -2.26. The van der Waals surface area contributed by atoms with E-state index in [1.807, 2.05) is 0 Å². The molecule has 2 rings (SSSR count). The van der Waals surface area contributed by atoms with Crippen LogP contribution in [0.4, 0.5) is 5.69 Å². The highest BCUT2D eigenvalue weighted by molar-refractivity contribution is 9.11. The molecule has 0 bridgehead atoms. The molecule has 0 aliphatic heterocycles. The van der Waals surface area contributed by atoms with Gasteiger partial charge in [0, 0.05) is 8.95 Å². The smallest absolute Gasteiger partial charge is 0.223 e. The Bertz CT molecular complexity index is 550. The molecule has 6 N–H and O–H groups in total. The summed E-state index contributed by atoms with van der Waals surface area (Å²) in [6.07, 6.45) is 6.44. The summed E-state index contributed by atoms with van der Waals surface area (Å²) in [4.78, 5) is 7.96. The van der Waals surface area contributed by atoms with Gasteiger partial charge in [-0.05, 0) is 68.3 Å². The van der Waals surface area contributed by atoms with E-state index in [1.165, 1.54) is 37.7 Å². The van der Waals surface area contributed by atoms with E-state index in [1.54, 1.807) is 0 Å². The fourth-order valence-corrected chi connectivity index (χ4v) is 4.03. The molecule has 0 atom stereocenters. The van der Waals surface area contributed by atoms with Gasteiger partial charge in [-0.1, -0.05) is 19.3 Å². The molecule has 7 heteroatoms. The molecule has 0 aromatic heterocycles. The largest absolute Gasteiger partial charge is 0.370 e. The number of hydrogen-bond acceptors (Lipinski definition) is 1. The Kier molecular flexibility index (Phi) is 5.64. The predicted octanol–water partition coefficient (Wildman–Crippen LogP) is 3.48. The molecule has 1 aromatic rings. The quantitative estimate of drug-likeness (QED) is 0.507. The number of aliphatic imine (C=N–C) groups is 2. The summed E-state index contributed by atoms with van der Waals surface area (Å²) in [5.74, 6) is 0.545. The first-order valence-electron chi connectivity index (χ1n) is 6.90. The van der Waals surface area contributed by atoms with E-state index in [2.05, 4.69) is 54.0 Å². The Labute approximate surface area is 141 Å². The van der Waals surface area contributed by atoms with Crippen LogP contribution in [0.25, 0.3) is 0 Å². The van der Waals surface area contributed by atoms with Crippen molar-refractivity contribution in [1.29, 1.82) is 0 Å². The van der Waals surface area contributed by atoms with Gasteiger partial charge in [0.25, 0.3) is 0 Å². The van der Waals surface area contributed by atoms with Crippen molar-refractivity contribution in [1.82, 2.24) is 0 Å². The number of nitrogens with zero attached hydrogens (tertiary/aromatic N) is 2. The van der Waals surface area contributed by atoms with Crippen LogP contribution in [-0.2, 0) is 0 Å². The second-order valence-electron chi connectivity index (χ2n) is 5.17. The summed E-state index contributed by atoms with van der Waals surface area (Å²) in [7, 11) is 0. The Morgan fingerprint density at radius 1 is 1.00 bits per heavy atom. The van der Waals surface area contributed by atoms with Crippen LogP contribution in [0.15, 0.2) is 31.1 Å². The SMILES string of the molecule is NC(N)=NC(N)=Nc1c(Br)cc(C2CCCCC2)cc1Br. The highest BCUT2D eigenvalue weighted by Gasteiger charge is 2.18. The van der Waals surface area contributed by atoms with Gasteiger partial charge in [-0.15, -0.1) is 0 Å². The Hall–Kier alpha value is -1.08. The molecule has 5 nitrogen and oxygen atoms in total. The van der Waals surface area contributed by atoms with Gasteiger partial charge in [0.2, 0.25) is 5.96 Å². The Balaban J connectivity index is 2.31. The lowest BCUT2D eigenvalue weighted by atomic mass is 9.84. The van der Waals surface area contributed by atoms with Crippen LogP contribution in [0.1, 0.15) is 43.6 Å². The molecule has 1 saturated carbocycles. The average Bonchev–Trinajstić information content (AvgIpc) is 2.43. The second-order valence-corrected chi connectivity index (χ2v) is 6.88. The number of halogens is 2. The Morgan fingerprint density at radius 3 is 2.10 bits per heavy atom. The molecule has 1 aromatic carbocycles. The number of guanidine groups is 2. The van der Waals surface area contributed by atoms with E-state index in [-0.39, 0.29) is 11.9 Å². The molecular formula is C14H19Br2N5. The summed E-state index contributed by atoms with van der Waals surface area (Å²) >= 11 is 7.11. The van der Waals surface area contributed by atoms with E-state index < -0.39 is 0 Å². The first kappa shape index (κ1) is 16.3. The zero-order valence-corrected chi connectivity index (χ0v) is 14.8. The first-order chi connectivity index (χ1) is 9.97. The molecule has 0 unspecified atom stereocenters. The van der Waals surface area contributed by atoms with Gasteiger partial charge in [-0.2, -0.15) is 4.99 Å². The monoisotopic (exact) mass is 415 g/mol. The van der Waals surface area contributed by atoms with Crippen molar-refractivity contribution in [3.05, 3.63) is 26.6 Å². The number of rotatable bonds is 2. The fraction of sp³-hybridized carbons (Fsp3) is 0.429. The minimum Gasteiger partial charge on any atom is -0.370 e. The molecule has 0 amide bonds. The molecule has 0 saturated heterocycles. The third-order valence-electron chi connectivity index (χ3n) is 3.59. The highest BCUT2D eigenvalue weighted by Crippen LogP contribution is 2.40. The van der Waals surface area contributed by atoms with Crippen LogP contribution in [0.2, 0.25) is 0 Å². The van der Waals surface area contributed by atoms with E-state index in [0.29, 0.717) is 11.6 Å². The van der Waals surface area contributed by atoms with Gasteiger partial charge in [0.1, 0.15) is 0 Å². The highest BCUT2D eigenvalue weighted by atomic mass is 79.9. The first-order valence-corrected chi connectivity index (χ1v) is 8.48. The maximum atomic E-state index is 5.69. The zero-order valence-electron chi connectivity index (χ0n) is 11.6. The maximum absolute atomic E-state index is 5.69. The zero-order chi connectivity index (χ0) is 15.4. The van der Waals surface area contributed by atoms with E-state index >= 15 is 0 Å². The van der Waals surface area contributed by atoms with Gasteiger partial charge >= 0.3 is 0 Å². The number of hydrogen-bond donors (Lipinski definition) is 3. The second kappa shape index (κ2) is 7.26. The van der Waals surface area contributed by atoms with Crippen molar-refractivity contribution >= 4 is 49.5 Å². The molecule has 1 aliphatic rings. The van der Waals surface area contributed by atoms with E-state index in [4.69, 9.17) is 17.2 Å². The number of benzene rings is 1. The van der Waals surface area contributed by atoms with Crippen LogP contribution in [0.5, 0.6) is 0 Å². The predicted molar refractivity (Wildman–Crippen MR) is 94.8 cm³/mol.